The molecule has 0 atom stereocenters. The van der Waals surface area contributed by atoms with Gasteiger partial charge in [0, 0.05) is 0 Å². The Balaban J connectivity index is 2.44. The molecule has 1 aliphatic rings. The number of fused-ring (bicyclic) bond motifs is 3. The van der Waals surface area contributed by atoms with Crippen LogP contribution >= 0.6 is 0 Å². The number of carboxylic acids is 1. The first-order chi connectivity index (χ1) is 9.52. The van der Waals surface area contributed by atoms with Crippen molar-refractivity contribution in [3.05, 3.63) is 46.5 Å². The molecule has 2 aromatic rings. The Morgan fingerprint density at radius 1 is 1.15 bits per heavy atom. The normalized spacial score (nSPS) is 13.4. The van der Waals surface area contributed by atoms with Crippen molar-refractivity contribution in [2.75, 3.05) is 0 Å². The number of benzene rings is 2. The van der Waals surface area contributed by atoms with E-state index in [0.29, 0.717) is 17.4 Å². The van der Waals surface area contributed by atoms with Gasteiger partial charge in [0.1, 0.15) is 0 Å². The van der Waals surface area contributed by atoms with Crippen molar-refractivity contribution >= 4 is 28.6 Å². The standard InChI is InChI=1S/C15H11NO4/c1-2-7-5-8-3-4-9(15(19)20)6-10(8)12-11(7)13(17)16-14(12)18/h3-6H,2H2,1H3,(H,19,20)(H,16,17,18). The molecule has 0 aromatic heterocycles. The fraction of sp³-hybridized carbons (Fsp3) is 0.133. The molecule has 0 unspecified atom stereocenters. The molecule has 20 heavy (non-hydrogen) atoms. The fourth-order valence-electron chi connectivity index (χ4n) is 2.59. The molecule has 2 aromatic carbocycles. The molecule has 1 heterocycles. The number of hydrogen-bond donors (Lipinski definition) is 2. The van der Waals surface area contributed by atoms with Crippen LogP contribution in [-0.4, -0.2) is 22.9 Å². The summed E-state index contributed by atoms with van der Waals surface area (Å²) in [6, 6.07) is 6.42. The predicted molar refractivity (Wildman–Crippen MR) is 72.1 cm³/mol. The maximum Gasteiger partial charge on any atom is 0.335 e. The van der Waals surface area contributed by atoms with Gasteiger partial charge in [-0.25, -0.2) is 4.79 Å². The zero-order chi connectivity index (χ0) is 14.4. The van der Waals surface area contributed by atoms with Gasteiger partial charge < -0.3 is 5.11 Å². The second-order valence-corrected chi connectivity index (χ2v) is 4.66. The minimum Gasteiger partial charge on any atom is -0.478 e. The van der Waals surface area contributed by atoms with Gasteiger partial charge in [-0.05, 0) is 34.9 Å². The Bertz CT molecular complexity index is 792. The lowest BCUT2D eigenvalue weighted by molar-refractivity contribution is 0.0696. The Hall–Kier alpha value is -2.69. The van der Waals surface area contributed by atoms with Gasteiger partial charge in [0.05, 0.1) is 16.7 Å². The number of rotatable bonds is 2. The Kier molecular flexibility index (Phi) is 2.57. The van der Waals surface area contributed by atoms with Crippen LogP contribution in [0, 0.1) is 0 Å². The topological polar surface area (TPSA) is 83.5 Å². The summed E-state index contributed by atoms with van der Waals surface area (Å²) in [4.78, 5) is 34.9. The summed E-state index contributed by atoms with van der Waals surface area (Å²) in [5, 5.41) is 12.6. The maximum atomic E-state index is 12.0. The van der Waals surface area contributed by atoms with Gasteiger partial charge in [-0.1, -0.05) is 19.1 Å². The molecular formula is C15H11NO4. The van der Waals surface area contributed by atoms with Crippen LogP contribution in [0.25, 0.3) is 10.8 Å². The van der Waals surface area contributed by atoms with Gasteiger partial charge in [-0.15, -0.1) is 0 Å². The number of carbonyl (C=O) groups is 3. The molecule has 2 N–H and O–H groups in total. The van der Waals surface area contributed by atoms with Crippen LogP contribution < -0.4 is 5.32 Å². The third-order valence-corrected chi connectivity index (χ3v) is 3.53. The Morgan fingerprint density at radius 2 is 1.85 bits per heavy atom. The van der Waals surface area contributed by atoms with Crippen LogP contribution in [-0.2, 0) is 6.42 Å². The second kappa shape index (κ2) is 4.16. The van der Waals surface area contributed by atoms with Crippen LogP contribution in [0.4, 0.5) is 0 Å². The van der Waals surface area contributed by atoms with Crippen molar-refractivity contribution < 1.29 is 19.5 Å². The van der Waals surface area contributed by atoms with Crippen molar-refractivity contribution in [2.24, 2.45) is 0 Å². The SMILES string of the molecule is CCc1cc2ccc(C(=O)O)cc2c2c1C(=O)NC2=O. The highest BCUT2D eigenvalue weighted by atomic mass is 16.4. The zero-order valence-electron chi connectivity index (χ0n) is 10.7. The van der Waals surface area contributed by atoms with Gasteiger partial charge in [0.2, 0.25) is 0 Å². The van der Waals surface area contributed by atoms with Gasteiger partial charge >= 0.3 is 5.97 Å². The summed E-state index contributed by atoms with van der Waals surface area (Å²) in [6.45, 7) is 1.91. The van der Waals surface area contributed by atoms with E-state index in [2.05, 4.69) is 5.32 Å². The average molecular weight is 269 g/mol. The third-order valence-electron chi connectivity index (χ3n) is 3.53. The molecule has 3 rings (SSSR count). The molecule has 2 amide bonds. The number of carbonyl (C=O) groups excluding carboxylic acids is 2. The lowest BCUT2D eigenvalue weighted by Gasteiger charge is -2.08. The first-order valence-electron chi connectivity index (χ1n) is 6.21. The van der Waals surface area contributed by atoms with Gasteiger partial charge in [0.15, 0.2) is 0 Å². The van der Waals surface area contributed by atoms with E-state index >= 15 is 0 Å². The number of carboxylic acid groups (broad SMARTS) is 1. The van der Waals surface area contributed by atoms with Crippen molar-refractivity contribution in [3.8, 4) is 0 Å². The van der Waals surface area contributed by atoms with Gasteiger partial charge in [-0.2, -0.15) is 0 Å². The first-order valence-corrected chi connectivity index (χ1v) is 6.21. The molecule has 0 spiro atoms. The van der Waals surface area contributed by atoms with Crippen LogP contribution in [0.15, 0.2) is 24.3 Å². The summed E-state index contributed by atoms with van der Waals surface area (Å²) < 4.78 is 0. The quantitative estimate of drug-likeness (QED) is 0.816. The molecule has 0 fully saturated rings. The zero-order valence-corrected chi connectivity index (χ0v) is 10.7. The highest BCUT2D eigenvalue weighted by Crippen LogP contribution is 2.30. The molecule has 1 aliphatic heterocycles. The third kappa shape index (κ3) is 1.60. The lowest BCUT2D eigenvalue weighted by Crippen LogP contribution is -2.20. The van der Waals surface area contributed by atoms with Crippen molar-refractivity contribution in [1.82, 2.24) is 5.32 Å². The molecule has 100 valence electrons. The number of nitrogens with one attached hydrogen (secondary N) is 1. The van der Waals surface area contributed by atoms with Crippen LogP contribution in [0.5, 0.6) is 0 Å². The predicted octanol–water partition coefficient (Wildman–Crippen LogP) is 1.98. The van der Waals surface area contributed by atoms with Crippen LogP contribution in [0.2, 0.25) is 0 Å². The lowest BCUT2D eigenvalue weighted by atomic mass is 9.93. The summed E-state index contributed by atoms with van der Waals surface area (Å²) >= 11 is 0. The summed E-state index contributed by atoms with van der Waals surface area (Å²) in [5.74, 6) is -1.94. The number of hydrogen-bond acceptors (Lipinski definition) is 3. The van der Waals surface area contributed by atoms with Gasteiger partial charge in [-0.3, -0.25) is 14.9 Å². The molecule has 0 bridgehead atoms. The van der Waals surface area contributed by atoms with E-state index in [1.807, 2.05) is 13.0 Å². The highest BCUT2D eigenvalue weighted by Gasteiger charge is 2.31. The van der Waals surface area contributed by atoms with Gasteiger partial charge in [0.25, 0.3) is 11.8 Å². The number of aromatic carboxylic acids is 1. The van der Waals surface area contributed by atoms with Crippen molar-refractivity contribution in [1.29, 1.82) is 0 Å². The maximum absolute atomic E-state index is 12.0. The molecule has 0 saturated carbocycles. The van der Waals surface area contributed by atoms with E-state index in [9.17, 15) is 14.4 Å². The summed E-state index contributed by atoms with van der Waals surface area (Å²) in [6.07, 6.45) is 0.625. The monoisotopic (exact) mass is 269 g/mol. The van der Waals surface area contributed by atoms with E-state index in [-0.39, 0.29) is 11.1 Å². The summed E-state index contributed by atoms with van der Waals surface area (Å²) in [5.41, 5.74) is 1.54. The molecule has 0 saturated heterocycles. The molecule has 0 aliphatic carbocycles. The number of aryl methyl sites for hydroxylation is 1. The smallest absolute Gasteiger partial charge is 0.335 e. The van der Waals surface area contributed by atoms with E-state index in [1.165, 1.54) is 12.1 Å². The molecule has 0 radical (unpaired) electrons. The van der Waals surface area contributed by atoms with Crippen LogP contribution in [0.3, 0.4) is 0 Å². The molecule has 5 nitrogen and oxygen atoms in total. The minimum absolute atomic E-state index is 0.0936. The van der Waals surface area contributed by atoms with E-state index in [1.54, 1.807) is 6.07 Å². The largest absolute Gasteiger partial charge is 0.478 e. The highest BCUT2D eigenvalue weighted by molar-refractivity contribution is 6.27. The first kappa shape index (κ1) is 12.3. The van der Waals surface area contributed by atoms with Crippen molar-refractivity contribution in [3.63, 3.8) is 0 Å². The summed E-state index contributed by atoms with van der Waals surface area (Å²) in [7, 11) is 0. The fourth-order valence-corrected chi connectivity index (χ4v) is 2.59. The van der Waals surface area contributed by atoms with E-state index < -0.39 is 17.8 Å². The molecular weight excluding hydrogens is 258 g/mol. The Labute approximate surface area is 114 Å². The van der Waals surface area contributed by atoms with Crippen molar-refractivity contribution in [2.45, 2.75) is 13.3 Å². The second-order valence-electron chi connectivity index (χ2n) is 4.66. The average Bonchev–Trinajstić information content (AvgIpc) is 2.73. The van der Waals surface area contributed by atoms with Crippen LogP contribution in [0.1, 0.15) is 43.6 Å². The minimum atomic E-state index is -1.06. The Morgan fingerprint density at radius 3 is 2.50 bits per heavy atom. The number of imide groups is 1. The number of amides is 2. The van der Waals surface area contributed by atoms with E-state index in [0.717, 1.165) is 10.9 Å². The molecule has 5 heteroatoms. The van der Waals surface area contributed by atoms with E-state index in [4.69, 9.17) is 5.11 Å².